The molecule has 0 N–H and O–H groups in total. The molecular weight excluding hydrogens is 202 g/mol. The van der Waals surface area contributed by atoms with E-state index in [2.05, 4.69) is 6.92 Å². The molecule has 3 nitrogen and oxygen atoms in total. The first-order valence-corrected chi connectivity index (χ1v) is 6.61. The molecular formula is C13H27NO2. The average molecular weight is 229 g/mol. The molecule has 3 heteroatoms. The molecule has 1 amide bonds. The second-order valence-corrected chi connectivity index (χ2v) is 4.22. The van der Waals surface area contributed by atoms with Gasteiger partial charge in [0, 0.05) is 13.1 Å². The standard InChI is InChI=1S/C13H27NO2/c1-5-8-9-10-11-12(4)16-13(15)14(6-2)7-3/h12H,5-11H2,1-4H3. The number of ether oxygens (including phenoxy) is 1. The highest BCUT2D eigenvalue weighted by molar-refractivity contribution is 5.67. The first-order valence-electron chi connectivity index (χ1n) is 6.61. The Bertz CT molecular complexity index is 179. The van der Waals surface area contributed by atoms with Crippen LogP contribution < -0.4 is 0 Å². The number of rotatable bonds is 8. The summed E-state index contributed by atoms with van der Waals surface area (Å²) in [5.41, 5.74) is 0. The Hall–Kier alpha value is -0.730. The first-order chi connectivity index (χ1) is 7.65. The van der Waals surface area contributed by atoms with Gasteiger partial charge < -0.3 is 9.64 Å². The van der Waals surface area contributed by atoms with Gasteiger partial charge in [0.05, 0.1) is 0 Å². The third kappa shape index (κ3) is 6.70. The molecule has 0 heterocycles. The Labute approximate surface area is 100 Å². The lowest BCUT2D eigenvalue weighted by Gasteiger charge is -2.21. The Morgan fingerprint density at radius 1 is 1.12 bits per heavy atom. The monoisotopic (exact) mass is 229 g/mol. The van der Waals surface area contributed by atoms with E-state index in [0.717, 1.165) is 25.9 Å². The molecule has 0 rings (SSSR count). The van der Waals surface area contributed by atoms with Gasteiger partial charge in [0.1, 0.15) is 6.10 Å². The van der Waals surface area contributed by atoms with E-state index >= 15 is 0 Å². The fourth-order valence-corrected chi connectivity index (χ4v) is 1.65. The largest absolute Gasteiger partial charge is 0.446 e. The van der Waals surface area contributed by atoms with Crippen molar-refractivity contribution in [3.8, 4) is 0 Å². The third-order valence-corrected chi connectivity index (χ3v) is 2.79. The normalized spacial score (nSPS) is 12.2. The highest BCUT2D eigenvalue weighted by Gasteiger charge is 2.14. The van der Waals surface area contributed by atoms with E-state index in [1.165, 1.54) is 19.3 Å². The van der Waals surface area contributed by atoms with Crippen LogP contribution >= 0.6 is 0 Å². The lowest BCUT2D eigenvalue weighted by Crippen LogP contribution is -2.33. The molecule has 0 fully saturated rings. The molecule has 0 aromatic heterocycles. The van der Waals surface area contributed by atoms with E-state index in [0.29, 0.717) is 0 Å². The van der Waals surface area contributed by atoms with Crippen LogP contribution in [0.3, 0.4) is 0 Å². The van der Waals surface area contributed by atoms with Crippen molar-refractivity contribution in [2.45, 2.75) is 65.9 Å². The maximum absolute atomic E-state index is 11.6. The second kappa shape index (κ2) is 9.49. The van der Waals surface area contributed by atoms with Crippen molar-refractivity contribution in [1.82, 2.24) is 4.90 Å². The molecule has 0 radical (unpaired) electrons. The van der Waals surface area contributed by atoms with Crippen molar-refractivity contribution in [2.75, 3.05) is 13.1 Å². The van der Waals surface area contributed by atoms with Gasteiger partial charge in [-0.15, -0.1) is 0 Å². The van der Waals surface area contributed by atoms with Crippen LogP contribution in [0, 0.1) is 0 Å². The van der Waals surface area contributed by atoms with Gasteiger partial charge in [0.2, 0.25) is 0 Å². The summed E-state index contributed by atoms with van der Waals surface area (Å²) < 4.78 is 5.36. The van der Waals surface area contributed by atoms with Crippen LogP contribution in [0.5, 0.6) is 0 Å². The number of hydrogen-bond donors (Lipinski definition) is 0. The molecule has 0 aliphatic rings. The maximum atomic E-state index is 11.6. The van der Waals surface area contributed by atoms with E-state index in [4.69, 9.17) is 4.74 Å². The summed E-state index contributed by atoms with van der Waals surface area (Å²) in [5, 5.41) is 0. The van der Waals surface area contributed by atoms with Crippen molar-refractivity contribution in [3.05, 3.63) is 0 Å². The SMILES string of the molecule is CCCCCCC(C)OC(=O)N(CC)CC. The van der Waals surface area contributed by atoms with Crippen LogP contribution in [0.1, 0.15) is 59.8 Å². The summed E-state index contributed by atoms with van der Waals surface area (Å²) in [6.07, 6.45) is 5.76. The second-order valence-electron chi connectivity index (χ2n) is 4.22. The van der Waals surface area contributed by atoms with Gasteiger partial charge in [-0.1, -0.05) is 26.2 Å². The summed E-state index contributed by atoms with van der Waals surface area (Å²) in [4.78, 5) is 13.3. The Kier molecular flexibility index (Phi) is 9.06. The molecule has 96 valence electrons. The van der Waals surface area contributed by atoms with Crippen LogP contribution in [0.15, 0.2) is 0 Å². The number of unbranched alkanes of at least 4 members (excludes halogenated alkanes) is 3. The quantitative estimate of drug-likeness (QED) is 0.592. The molecule has 1 unspecified atom stereocenters. The molecule has 0 aromatic rings. The average Bonchev–Trinajstić information content (AvgIpc) is 2.26. The lowest BCUT2D eigenvalue weighted by molar-refractivity contribution is 0.0682. The zero-order chi connectivity index (χ0) is 12.4. The summed E-state index contributed by atoms with van der Waals surface area (Å²) in [5.74, 6) is 0. The minimum Gasteiger partial charge on any atom is -0.446 e. The summed E-state index contributed by atoms with van der Waals surface area (Å²) >= 11 is 0. The molecule has 1 atom stereocenters. The Balaban J connectivity index is 3.68. The van der Waals surface area contributed by atoms with Gasteiger partial charge in [0.25, 0.3) is 0 Å². The van der Waals surface area contributed by atoms with Gasteiger partial charge in [-0.3, -0.25) is 0 Å². The van der Waals surface area contributed by atoms with Gasteiger partial charge in [-0.25, -0.2) is 4.79 Å². The zero-order valence-corrected chi connectivity index (χ0v) is 11.3. The van der Waals surface area contributed by atoms with E-state index in [1.807, 2.05) is 20.8 Å². The summed E-state index contributed by atoms with van der Waals surface area (Å²) in [6, 6.07) is 0. The van der Waals surface area contributed by atoms with Crippen molar-refractivity contribution < 1.29 is 9.53 Å². The smallest absolute Gasteiger partial charge is 0.409 e. The predicted molar refractivity (Wildman–Crippen MR) is 67.6 cm³/mol. The molecule has 0 saturated heterocycles. The van der Waals surface area contributed by atoms with Crippen molar-refractivity contribution in [2.24, 2.45) is 0 Å². The van der Waals surface area contributed by atoms with Crippen LogP contribution in [0.4, 0.5) is 4.79 Å². The van der Waals surface area contributed by atoms with E-state index in [9.17, 15) is 4.79 Å². The molecule has 0 saturated carbocycles. The number of nitrogens with zero attached hydrogens (tertiary/aromatic N) is 1. The summed E-state index contributed by atoms with van der Waals surface area (Å²) in [7, 11) is 0. The first kappa shape index (κ1) is 15.3. The fourth-order valence-electron chi connectivity index (χ4n) is 1.65. The minimum atomic E-state index is -0.173. The molecule has 0 bridgehead atoms. The van der Waals surface area contributed by atoms with E-state index in [1.54, 1.807) is 4.90 Å². The van der Waals surface area contributed by atoms with Crippen LogP contribution in [-0.4, -0.2) is 30.2 Å². The van der Waals surface area contributed by atoms with Gasteiger partial charge in [-0.2, -0.15) is 0 Å². The topological polar surface area (TPSA) is 29.5 Å². The van der Waals surface area contributed by atoms with Crippen LogP contribution in [0.25, 0.3) is 0 Å². The van der Waals surface area contributed by atoms with Gasteiger partial charge in [-0.05, 0) is 33.6 Å². The van der Waals surface area contributed by atoms with Gasteiger partial charge in [0.15, 0.2) is 0 Å². The minimum absolute atomic E-state index is 0.0463. The third-order valence-electron chi connectivity index (χ3n) is 2.79. The maximum Gasteiger partial charge on any atom is 0.409 e. The highest BCUT2D eigenvalue weighted by Crippen LogP contribution is 2.09. The molecule has 0 aliphatic carbocycles. The lowest BCUT2D eigenvalue weighted by atomic mass is 10.1. The Morgan fingerprint density at radius 3 is 2.25 bits per heavy atom. The van der Waals surface area contributed by atoms with E-state index in [-0.39, 0.29) is 12.2 Å². The fraction of sp³-hybridized carbons (Fsp3) is 0.923. The molecule has 0 spiro atoms. The van der Waals surface area contributed by atoms with Crippen LogP contribution in [0.2, 0.25) is 0 Å². The predicted octanol–water partition coefficient (Wildman–Crippen LogP) is 3.82. The van der Waals surface area contributed by atoms with Gasteiger partial charge >= 0.3 is 6.09 Å². The summed E-state index contributed by atoms with van der Waals surface area (Å²) in [6.45, 7) is 9.56. The number of amides is 1. The molecule has 0 aliphatic heterocycles. The number of carbonyl (C=O) groups excluding carboxylic acids is 1. The van der Waals surface area contributed by atoms with E-state index < -0.39 is 0 Å². The zero-order valence-electron chi connectivity index (χ0n) is 11.3. The van der Waals surface area contributed by atoms with Crippen molar-refractivity contribution >= 4 is 6.09 Å². The van der Waals surface area contributed by atoms with Crippen molar-refractivity contribution in [3.63, 3.8) is 0 Å². The van der Waals surface area contributed by atoms with Crippen LogP contribution in [-0.2, 0) is 4.74 Å². The number of hydrogen-bond acceptors (Lipinski definition) is 2. The molecule has 16 heavy (non-hydrogen) atoms. The van der Waals surface area contributed by atoms with Crippen molar-refractivity contribution in [1.29, 1.82) is 0 Å². The number of carbonyl (C=O) groups is 1. The highest BCUT2D eigenvalue weighted by atomic mass is 16.6. The Morgan fingerprint density at radius 2 is 1.75 bits per heavy atom. The molecule has 0 aromatic carbocycles.